The molecule has 0 bridgehead atoms. The highest BCUT2D eigenvalue weighted by molar-refractivity contribution is 6.05. The van der Waals surface area contributed by atoms with Crippen LogP contribution in [0.1, 0.15) is 71.0 Å². The Hall–Kier alpha value is -3.57. The quantitative estimate of drug-likeness (QED) is 0.263. The van der Waals surface area contributed by atoms with E-state index < -0.39 is 41.2 Å². The Balaban J connectivity index is 1.20. The fourth-order valence-electron chi connectivity index (χ4n) is 8.18. The summed E-state index contributed by atoms with van der Waals surface area (Å²) in [6.45, 7) is 5.99. The SMILES string of the molecule is CC12C=CC(=NOCC(=O)NC(C(=O)O)C(O)c3cccc([N+](=O)[O-])c3)C=C1CCC1C2CCC2(C)C1CCC2(C)O. The van der Waals surface area contributed by atoms with Gasteiger partial charge in [-0.15, -0.1) is 0 Å². The van der Waals surface area contributed by atoms with Gasteiger partial charge < -0.3 is 25.5 Å². The van der Waals surface area contributed by atoms with Gasteiger partial charge in [0.05, 0.1) is 10.5 Å². The number of nitrogens with one attached hydrogen (secondary N) is 1. The Morgan fingerprint density at radius 1 is 1.19 bits per heavy atom. The molecule has 4 aliphatic rings. The molecule has 1 amide bonds. The average molecular weight is 582 g/mol. The molecule has 3 saturated carbocycles. The summed E-state index contributed by atoms with van der Waals surface area (Å²) in [4.78, 5) is 39.8. The van der Waals surface area contributed by atoms with Crippen LogP contribution in [0.2, 0.25) is 0 Å². The molecule has 5 rings (SSSR count). The monoisotopic (exact) mass is 581 g/mol. The van der Waals surface area contributed by atoms with E-state index in [0.717, 1.165) is 44.6 Å². The van der Waals surface area contributed by atoms with Gasteiger partial charge in [0.25, 0.3) is 11.6 Å². The van der Waals surface area contributed by atoms with Gasteiger partial charge in [0, 0.05) is 17.5 Å². The first-order valence-electron chi connectivity index (χ1n) is 14.5. The van der Waals surface area contributed by atoms with Gasteiger partial charge in [-0.05, 0) is 86.3 Å². The van der Waals surface area contributed by atoms with E-state index in [2.05, 4.69) is 30.4 Å². The van der Waals surface area contributed by atoms with E-state index in [1.807, 2.05) is 19.1 Å². The van der Waals surface area contributed by atoms with Crippen LogP contribution in [0.4, 0.5) is 5.69 Å². The van der Waals surface area contributed by atoms with Crippen molar-refractivity contribution in [3.63, 3.8) is 0 Å². The zero-order chi connectivity index (χ0) is 30.4. The van der Waals surface area contributed by atoms with Gasteiger partial charge in [-0.25, -0.2) is 4.79 Å². The number of aliphatic hydroxyl groups excluding tert-OH is 1. The summed E-state index contributed by atoms with van der Waals surface area (Å²) < 4.78 is 0. The van der Waals surface area contributed by atoms with E-state index in [1.165, 1.54) is 23.8 Å². The highest BCUT2D eigenvalue weighted by atomic mass is 16.6. The molecule has 1 aromatic rings. The second kappa shape index (κ2) is 10.9. The van der Waals surface area contributed by atoms with Crippen LogP contribution in [0.5, 0.6) is 0 Å². The number of amides is 1. The lowest BCUT2D eigenvalue weighted by atomic mass is 9.47. The number of nitro groups is 1. The van der Waals surface area contributed by atoms with Gasteiger partial charge in [-0.3, -0.25) is 14.9 Å². The molecule has 1 aromatic carbocycles. The van der Waals surface area contributed by atoms with Crippen molar-refractivity contribution in [3.8, 4) is 0 Å². The molecule has 226 valence electrons. The Bertz CT molecular complexity index is 1370. The lowest BCUT2D eigenvalue weighted by molar-refractivity contribution is -0.385. The molecule has 0 radical (unpaired) electrons. The third kappa shape index (κ3) is 5.13. The Morgan fingerprint density at radius 2 is 1.93 bits per heavy atom. The minimum absolute atomic E-state index is 0.0179. The summed E-state index contributed by atoms with van der Waals surface area (Å²) in [5.74, 6) is -0.763. The first kappa shape index (κ1) is 29.9. The molecule has 11 nitrogen and oxygen atoms in total. The molecule has 8 atom stereocenters. The third-order valence-electron chi connectivity index (χ3n) is 10.8. The van der Waals surface area contributed by atoms with Gasteiger partial charge in [-0.1, -0.05) is 42.8 Å². The summed E-state index contributed by atoms with van der Waals surface area (Å²) in [5, 5.41) is 48.5. The minimum Gasteiger partial charge on any atom is -0.480 e. The summed E-state index contributed by atoms with van der Waals surface area (Å²) in [6.07, 6.45) is 10.4. The number of hydrogen-bond acceptors (Lipinski definition) is 8. The normalized spacial score (nSPS) is 35.7. The number of non-ortho nitro benzene ring substituents is 1. The number of hydrogen-bond donors (Lipinski definition) is 4. The van der Waals surface area contributed by atoms with E-state index in [0.29, 0.717) is 23.5 Å². The van der Waals surface area contributed by atoms with Crippen LogP contribution in [0, 0.1) is 38.7 Å². The number of rotatable bonds is 8. The number of nitrogens with zero attached hydrogens (tertiary/aromatic N) is 2. The lowest BCUT2D eigenvalue weighted by Crippen LogP contribution is -2.53. The number of oxime groups is 1. The number of aliphatic carboxylic acids is 1. The summed E-state index contributed by atoms with van der Waals surface area (Å²) in [5.41, 5.74) is 0.745. The van der Waals surface area contributed by atoms with E-state index >= 15 is 0 Å². The molecular weight excluding hydrogens is 542 g/mol. The maximum Gasteiger partial charge on any atom is 0.329 e. The van der Waals surface area contributed by atoms with Crippen LogP contribution in [-0.2, 0) is 14.4 Å². The van der Waals surface area contributed by atoms with E-state index in [9.17, 15) is 35.0 Å². The molecular formula is C31H39N3O8. The van der Waals surface area contributed by atoms with E-state index in [-0.39, 0.29) is 22.1 Å². The van der Waals surface area contributed by atoms with Gasteiger partial charge >= 0.3 is 5.97 Å². The minimum atomic E-state index is -1.75. The van der Waals surface area contributed by atoms with Gasteiger partial charge in [0.2, 0.25) is 0 Å². The van der Waals surface area contributed by atoms with Crippen LogP contribution >= 0.6 is 0 Å². The molecule has 4 N–H and O–H groups in total. The molecule has 3 fully saturated rings. The van der Waals surface area contributed by atoms with Crippen LogP contribution < -0.4 is 5.32 Å². The Kier molecular flexibility index (Phi) is 7.78. The fraction of sp³-hybridized carbons (Fsp3) is 0.581. The highest BCUT2D eigenvalue weighted by Crippen LogP contribution is 2.66. The van der Waals surface area contributed by atoms with Crippen molar-refractivity contribution >= 4 is 23.3 Å². The number of nitro benzene ring substituents is 1. The van der Waals surface area contributed by atoms with Crippen molar-refractivity contribution in [1.29, 1.82) is 0 Å². The van der Waals surface area contributed by atoms with Crippen molar-refractivity contribution in [1.82, 2.24) is 5.32 Å². The molecule has 42 heavy (non-hydrogen) atoms. The molecule has 0 aliphatic heterocycles. The van der Waals surface area contributed by atoms with Gasteiger partial charge in [0.1, 0.15) is 11.8 Å². The van der Waals surface area contributed by atoms with E-state index in [4.69, 9.17) is 4.84 Å². The van der Waals surface area contributed by atoms with E-state index in [1.54, 1.807) is 0 Å². The van der Waals surface area contributed by atoms with Crippen molar-refractivity contribution in [3.05, 3.63) is 63.7 Å². The zero-order valence-corrected chi connectivity index (χ0v) is 24.2. The number of allylic oxidation sites excluding steroid dienone is 4. The highest BCUT2D eigenvalue weighted by Gasteiger charge is 2.62. The number of carboxylic acid groups (broad SMARTS) is 1. The fourth-order valence-corrected chi connectivity index (χ4v) is 8.18. The topological polar surface area (TPSA) is 172 Å². The van der Waals surface area contributed by atoms with Crippen LogP contribution in [-0.4, -0.2) is 56.1 Å². The number of carboxylic acids is 1. The smallest absolute Gasteiger partial charge is 0.329 e. The molecule has 0 spiro atoms. The summed E-state index contributed by atoms with van der Waals surface area (Å²) >= 11 is 0. The Labute approximate surface area is 244 Å². The van der Waals surface area contributed by atoms with Crippen molar-refractivity contribution in [2.45, 2.75) is 77.0 Å². The number of fused-ring (bicyclic) bond motifs is 5. The predicted molar refractivity (Wildman–Crippen MR) is 153 cm³/mol. The maximum absolute atomic E-state index is 12.5. The Morgan fingerprint density at radius 3 is 2.64 bits per heavy atom. The van der Waals surface area contributed by atoms with Gasteiger partial charge in [0.15, 0.2) is 12.6 Å². The first-order chi connectivity index (χ1) is 19.8. The van der Waals surface area contributed by atoms with Crippen LogP contribution in [0.3, 0.4) is 0 Å². The van der Waals surface area contributed by atoms with Crippen LogP contribution in [0.15, 0.2) is 53.2 Å². The molecule has 8 unspecified atom stereocenters. The predicted octanol–water partition coefficient (Wildman–Crippen LogP) is 4.06. The lowest BCUT2D eigenvalue weighted by Gasteiger charge is -2.58. The number of carbonyl (C=O) groups is 2. The number of aliphatic hydroxyl groups is 2. The van der Waals surface area contributed by atoms with Crippen molar-refractivity contribution in [2.24, 2.45) is 33.7 Å². The molecule has 0 saturated heterocycles. The largest absolute Gasteiger partial charge is 0.480 e. The maximum atomic E-state index is 12.5. The number of benzene rings is 1. The first-order valence-corrected chi connectivity index (χ1v) is 14.5. The van der Waals surface area contributed by atoms with Gasteiger partial charge in [-0.2, -0.15) is 0 Å². The van der Waals surface area contributed by atoms with Crippen molar-refractivity contribution in [2.75, 3.05) is 6.61 Å². The molecule has 0 heterocycles. The second-order valence-corrected chi connectivity index (χ2v) is 12.9. The van der Waals surface area contributed by atoms with Crippen LogP contribution in [0.25, 0.3) is 0 Å². The standard InChI is InChI=1S/C31H39N3O8/c1-29-12-9-20(16-19(29)7-8-22-23(29)10-13-30(2)24(22)11-14-31(30,3)39)33-42-17-25(35)32-26(28(37)38)27(36)18-5-4-6-21(15-18)34(40)41/h4-6,9,12,15-16,22-24,26-27,36,39H,7-8,10-11,13-14,17H2,1-3H3,(H,32,35)(H,37,38). The molecule has 0 aromatic heterocycles. The summed E-state index contributed by atoms with van der Waals surface area (Å²) in [6, 6.07) is 3.19. The molecule has 4 aliphatic carbocycles. The summed E-state index contributed by atoms with van der Waals surface area (Å²) in [7, 11) is 0. The average Bonchev–Trinajstić information content (AvgIpc) is 3.19. The number of carbonyl (C=O) groups excluding carboxylic acids is 1. The van der Waals surface area contributed by atoms with Crippen molar-refractivity contribution < 1.29 is 34.7 Å². The molecule has 11 heteroatoms. The second-order valence-electron chi connectivity index (χ2n) is 12.9. The zero-order valence-electron chi connectivity index (χ0n) is 24.2. The third-order valence-corrected chi connectivity index (χ3v) is 10.8.